The van der Waals surface area contributed by atoms with E-state index in [1.165, 1.54) is 0 Å². The first kappa shape index (κ1) is 9.61. The summed E-state index contributed by atoms with van der Waals surface area (Å²) >= 11 is 1.62. The topological polar surface area (TPSA) is 52.0 Å². The van der Waals surface area contributed by atoms with Crippen molar-refractivity contribution in [3.05, 3.63) is 12.0 Å². The summed E-state index contributed by atoms with van der Waals surface area (Å²) in [5.41, 5.74) is 6.41. The van der Waals surface area contributed by atoms with Crippen LogP contribution in [0.25, 0.3) is 0 Å². The number of rotatable bonds is 4. The molecule has 1 atom stereocenters. The van der Waals surface area contributed by atoms with Crippen molar-refractivity contribution in [3.63, 3.8) is 0 Å². The Hall–Kier alpha value is -0.480. The van der Waals surface area contributed by atoms with Gasteiger partial charge in [-0.15, -0.1) is 0 Å². The van der Waals surface area contributed by atoms with Crippen molar-refractivity contribution < 1.29 is 4.42 Å². The molecule has 0 radical (unpaired) electrons. The summed E-state index contributed by atoms with van der Waals surface area (Å²) < 4.78 is 5.17. The average molecular weight is 186 g/mol. The Labute approximate surface area is 76.7 Å². The maximum atomic E-state index is 5.48. The van der Waals surface area contributed by atoms with Gasteiger partial charge in [0, 0.05) is 5.75 Å². The third kappa shape index (κ3) is 2.87. The predicted octanol–water partition coefficient (Wildman–Crippen LogP) is 1.67. The normalized spacial score (nSPS) is 13.2. The number of thioether (sulfide) groups is 1. The van der Waals surface area contributed by atoms with Crippen molar-refractivity contribution in [1.82, 2.24) is 4.98 Å². The monoisotopic (exact) mass is 186 g/mol. The summed E-state index contributed by atoms with van der Waals surface area (Å²) in [6, 6.07) is 0. The van der Waals surface area contributed by atoms with Crippen molar-refractivity contribution in [3.8, 4) is 0 Å². The first-order chi connectivity index (χ1) is 5.72. The zero-order valence-electron chi connectivity index (χ0n) is 7.41. The highest BCUT2D eigenvalue weighted by Crippen LogP contribution is 2.18. The highest BCUT2D eigenvalue weighted by molar-refractivity contribution is 7.99. The molecule has 0 aliphatic rings. The van der Waals surface area contributed by atoms with E-state index in [2.05, 4.69) is 11.9 Å². The first-order valence-corrected chi connectivity index (χ1v) is 4.96. The van der Waals surface area contributed by atoms with Crippen LogP contribution in [0.1, 0.15) is 12.6 Å². The van der Waals surface area contributed by atoms with Crippen LogP contribution >= 0.6 is 11.8 Å². The number of oxazole rings is 1. The van der Waals surface area contributed by atoms with Gasteiger partial charge in [-0.1, -0.05) is 18.7 Å². The molecule has 4 heteroatoms. The fraction of sp³-hybridized carbons (Fsp3) is 0.625. The standard InChI is InChI=1S/C8H14N2OS/c1-6(3-9)5-12-8-10-7(2)4-11-8/h4,6H,3,5,9H2,1-2H3. The third-order valence-electron chi connectivity index (χ3n) is 1.49. The molecule has 0 aliphatic carbocycles. The summed E-state index contributed by atoms with van der Waals surface area (Å²) in [5.74, 6) is 1.48. The van der Waals surface area contributed by atoms with E-state index in [1.807, 2.05) is 6.92 Å². The molecule has 0 amide bonds. The van der Waals surface area contributed by atoms with Crippen LogP contribution in [0.15, 0.2) is 15.9 Å². The van der Waals surface area contributed by atoms with Crippen LogP contribution in [0.5, 0.6) is 0 Å². The molecule has 1 aromatic rings. The minimum absolute atomic E-state index is 0.516. The Balaban J connectivity index is 2.33. The van der Waals surface area contributed by atoms with E-state index < -0.39 is 0 Å². The Morgan fingerprint density at radius 3 is 3.00 bits per heavy atom. The van der Waals surface area contributed by atoms with Crippen LogP contribution in [-0.4, -0.2) is 17.3 Å². The van der Waals surface area contributed by atoms with Gasteiger partial charge in [-0.3, -0.25) is 0 Å². The third-order valence-corrected chi connectivity index (χ3v) is 2.66. The summed E-state index contributed by atoms with van der Waals surface area (Å²) in [7, 11) is 0. The van der Waals surface area contributed by atoms with Gasteiger partial charge in [-0.2, -0.15) is 0 Å². The van der Waals surface area contributed by atoms with Crippen LogP contribution in [0.4, 0.5) is 0 Å². The second-order valence-electron chi connectivity index (χ2n) is 2.91. The van der Waals surface area contributed by atoms with E-state index in [9.17, 15) is 0 Å². The van der Waals surface area contributed by atoms with Gasteiger partial charge in [0.05, 0.1) is 5.69 Å². The second-order valence-corrected chi connectivity index (χ2v) is 3.88. The zero-order chi connectivity index (χ0) is 8.97. The molecule has 0 aliphatic heterocycles. The first-order valence-electron chi connectivity index (χ1n) is 3.97. The molecule has 0 saturated carbocycles. The SMILES string of the molecule is Cc1coc(SCC(C)CN)n1. The minimum atomic E-state index is 0.516. The Morgan fingerprint density at radius 2 is 2.50 bits per heavy atom. The number of hydrogen-bond donors (Lipinski definition) is 1. The fourth-order valence-corrected chi connectivity index (χ4v) is 1.57. The van der Waals surface area contributed by atoms with Crippen molar-refractivity contribution in [2.24, 2.45) is 11.7 Å². The average Bonchev–Trinajstić information content (AvgIpc) is 2.47. The van der Waals surface area contributed by atoms with Crippen LogP contribution in [-0.2, 0) is 0 Å². The summed E-state index contributed by atoms with van der Waals surface area (Å²) in [4.78, 5) is 4.17. The van der Waals surface area contributed by atoms with E-state index in [4.69, 9.17) is 10.2 Å². The van der Waals surface area contributed by atoms with Crippen molar-refractivity contribution in [2.45, 2.75) is 19.1 Å². The molecule has 0 fully saturated rings. The molecule has 1 aromatic heterocycles. The summed E-state index contributed by atoms with van der Waals surface area (Å²) in [5, 5.41) is 0.743. The molecule has 0 spiro atoms. The van der Waals surface area contributed by atoms with Crippen molar-refractivity contribution >= 4 is 11.8 Å². The molecule has 2 N–H and O–H groups in total. The van der Waals surface area contributed by atoms with Crippen LogP contribution in [0.2, 0.25) is 0 Å². The quantitative estimate of drug-likeness (QED) is 0.727. The summed E-state index contributed by atoms with van der Waals surface area (Å²) in [6.45, 7) is 4.75. The number of aryl methyl sites for hydroxylation is 1. The molecule has 0 bridgehead atoms. The molecular formula is C8H14N2OS. The van der Waals surface area contributed by atoms with Crippen molar-refractivity contribution in [1.29, 1.82) is 0 Å². The van der Waals surface area contributed by atoms with Crippen LogP contribution in [0.3, 0.4) is 0 Å². The van der Waals surface area contributed by atoms with E-state index in [0.29, 0.717) is 12.5 Å². The zero-order valence-corrected chi connectivity index (χ0v) is 8.23. The largest absolute Gasteiger partial charge is 0.440 e. The molecular weight excluding hydrogens is 172 g/mol. The summed E-state index contributed by atoms with van der Waals surface area (Å²) in [6.07, 6.45) is 1.66. The Bertz CT molecular complexity index is 237. The lowest BCUT2D eigenvalue weighted by Crippen LogP contribution is -2.12. The van der Waals surface area contributed by atoms with E-state index >= 15 is 0 Å². The van der Waals surface area contributed by atoms with Gasteiger partial charge in [-0.05, 0) is 19.4 Å². The van der Waals surface area contributed by atoms with Gasteiger partial charge in [0.15, 0.2) is 0 Å². The number of nitrogens with two attached hydrogens (primary N) is 1. The number of nitrogens with zero attached hydrogens (tertiary/aromatic N) is 1. The maximum Gasteiger partial charge on any atom is 0.255 e. The van der Waals surface area contributed by atoms with Gasteiger partial charge >= 0.3 is 0 Å². The molecule has 0 aromatic carbocycles. The van der Waals surface area contributed by atoms with Gasteiger partial charge in [0.1, 0.15) is 6.26 Å². The Morgan fingerprint density at radius 1 is 1.75 bits per heavy atom. The molecule has 3 nitrogen and oxygen atoms in total. The smallest absolute Gasteiger partial charge is 0.255 e. The van der Waals surface area contributed by atoms with E-state index in [1.54, 1.807) is 18.0 Å². The minimum Gasteiger partial charge on any atom is -0.440 e. The highest BCUT2D eigenvalue weighted by Gasteiger charge is 2.04. The molecule has 68 valence electrons. The van der Waals surface area contributed by atoms with Gasteiger partial charge in [-0.25, -0.2) is 4.98 Å². The number of aromatic nitrogens is 1. The van der Waals surface area contributed by atoms with E-state index in [0.717, 1.165) is 16.7 Å². The van der Waals surface area contributed by atoms with Gasteiger partial charge < -0.3 is 10.2 Å². The second kappa shape index (κ2) is 4.52. The lowest BCUT2D eigenvalue weighted by atomic mass is 10.2. The lowest BCUT2D eigenvalue weighted by Gasteiger charge is -2.03. The maximum absolute atomic E-state index is 5.48. The van der Waals surface area contributed by atoms with Crippen LogP contribution < -0.4 is 5.73 Å². The molecule has 1 heterocycles. The number of hydrogen-bond acceptors (Lipinski definition) is 4. The van der Waals surface area contributed by atoms with Gasteiger partial charge in [0.2, 0.25) is 0 Å². The molecule has 1 unspecified atom stereocenters. The molecule has 1 rings (SSSR count). The van der Waals surface area contributed by atoms with Crippen molar-refractivity contribution in [2.75, 3.05) is 12.3 Å². The fourth-order valence-electron chi connectivity index (χ4n) is 0.680. The predicted molar refractivity (Wildman–Crippen MR) is 50.2 cm³/mol. The van der Waals surface area contributed by atoms with Gasteiger partial charge in [0.25, 0.3) is 5.22 Å². The lowest BCUT2D eigenvalue weighted by molar-refractivity contribution is 0.453. The molecule has 0 saturated heterocycles. The Kier molecular flexibility index (Phi) is 3.62. The highest BCUT2D eigenvalue weighted by atomic mass is 32.2. The van der Waals surface area contributed by atoms with E-state index in [-0.39, 0.29) is 0 Å². The van der Waals surface area contributed by atoms with Crippen LogP contribution in [0, 0.1) is 12.8 Å². The molecule has 12 heavy (non-hydrogen) atoms.